The second-order valence-corrected chi connectivity index (χ2v) is 12.0. The minimum absolute atomic E-state index is 0.556. The predicted octanol–water partition coefficient (Wildman–Crippen LogP) is 13.1. The largest absolute Gasteiger partial charge is 0.460 e. The van der Waals surface area contributed by atoms with E-state index in [1.807, 2.05) is 6.58 Å². The van der Waals surface area contributed by atoms with Crippen LogP contribution in [0.5, 0.6) is 0 Å². The summed E-state index contributed by atoms with van der Waals surface area (Å²) in [5.41, 5.74) is -2.56. The number of carbonyl (C=O) groups excluding carboxylic acids is 1. The summed E-state index contributed by atoms with van der Waals surface area (Å²) in [6.45, 7) is 1.25. The first-order valence-corrected chi connectivity index (χ1v) is 13.6. The summed E-state index contributed by atoms with van der Waals surface area (Å²) < 4.78 is 536. The Morgan fingerprint density at radius 1 is 0.266 bits per heavy atom. The fourth-order valence-corrected chi connectivity index (χ4v) is 3.67. The standard InChI is InChI=1S/C23H5F39O2/c1-3(2)4(63)64-21(56,17(48,49)13(40,41)9(32,33)5(24,25)7(28,29)11(36,37)15(44,45)19(52,53)22(57,58)59)18(50,51)14(42,43)10(34,35)6(26,27)8(30,31)12(38,39)16(46,47)20(54,55)23(60,61)62/h1H2,2H3. The van der Waals surface area contributed by atoms with Crippen LogP contribution in [0, 0.1) is 0 Å². The molecule has 0 rings (SSSR count). The maximum atomic E-state index is 15.3. The average Bonchev–Trinajstić information content (AvgIpc) is 3.05. The number of ether oxygens (including phenoxy) is 1. The van der Waals surface area contributed by atoms with Crippen molar-refractivity contribution in [3.8, 4) is 0 Å². The van der Waals surface area contributed by atoms with Crippen molar-refractivity contribution in [2.75, 3.05) is 0 Å². The fourth-order valence-electron chi connectivity index (χ4n) is 3.67. The molecule has 0 spiro atoms. The molecule has 41 heteroatoms. The van der Waals surface area contributed by atoms with Crippen molar-refractivity contribution in [2.24, 2.45) is 0 Å². The molecule has 0 aromatic heterocycles. The molecule has 0 aliphatic heterocycles. The van der Waals surface area contributed by atoms with Crippen LogP contribution in [-0.4, -0.2) is 119 Å². The monoisotopic (exact) mass is 1050 g/mol. The summed E-state index contributed by atoms with van der Waals surface area (Å²) in [5.74, 6) is -175. The second-order valence-electron chi connectivity index (χ2n) is 12.0. The Bertz CT molecular complexity index is 1640. The van der Waals surface area contributed by atoms with Gasteiger partial charge in [0.05, 0.1) is 0 Å². The molecular weight excluding hydrogens is 1050 g/mol. The van der Waals surface area contributed by atoms with E-state index in [0.717, 1.165) is 0 Å². The van der Waals surface area contributed by atoms with Crippen LogP contribution in [0.2, 0.25) is 0 Å². The summed E-state index contributed by atoms with van der Waals surface area (Å²) in [6.07, 6.45) is -17.0. The molecule has 0 saturated heterocycles. The zero-order chi connectivity index (χ0) is 53.4. The lowest BCUT2D eigenvalue weighted by molar-refractivity contribution is -0.502. The highest BCUT2D eigenvalue weighted by Crippen LogP contribution is 2.71. The zero-order valence-corrected chi connectivity index (χ0v) is 27.8. The van der Waals surface area contributed by atoms with Crippen LogP contribution in [0.25, 0.3) is 0 Å². The molecule has 64 heavy (non-hydrogen) atoms. The summed E-state index contributed by atoms with van der Waals surface area (Å²) in [4.78, 5) is 11.4. The number of hydrogen-bond acceptors (Lipinski definition) is 2. The molecule has 0 aliphatic rings. The van der Waals surface area contributed by atoms with Crippen molar-refractivity contribution in [3.05, 3.63) is 12.2 Å². The van der Waals surface area contributed by atoms with E-state index in [9.17, 15) is 172 Å². The highest BCUT2D eigenvalue weighted by molar-refractivity contribution is 5.87. The minimum Gasteiger partial charge on any atom is -0.413 e. The quantitative estimate of drug-likeness (QED) is 0.0777. The fraction of sp³-hybridized carbons (Fsp3) is 0.870. The Kier molecular flexibility index (Phi) is 13.9. The predicted molar refractivity (Wildman–Crippen MR) is 116 cm³/mol. The number of rotatable bonds is 18. The van der Waals surface area contributed by atoms with Crippen LogP contribution in [0.15, 0.2) is 12.2 Å². The topological polar surface area (TPSA) is 26.3 Å². The van der Waals surface area contributed by atoms with Gasteiger partial charge in [0.15, 0.2) is 0 Å². The first-order valence-electron chi connectivity index (χ1n) is 13.6. The van der Waals surface area contributed by atoms with E-state index in [4.69, 9.17) is 0 Å². The molecule has 0 N–H and O–H groups in total. The highest BCUT2D eigenvalue weighted by Gasteiger charge is 3.03. The lowest BCUT2D eigenvalue weighted by Crippen LogP contribution is -2.81. The van der Waals surface area contributed by atoms with E-state index in [2.05, 4.69) is 0 Å². The Morgan fingerprint density at radius 2 is 0.391 bits per heavy atom. The van der Waals surface area contributed by atoms with Crippen LogP contribution >= 0.6 is 0 Å². The Labute approximate surface area is 320 Å². The molecule has 0 aromatic carbocycles. The average molecular weight is 1050 g/mol. The molecule has 0 radical (unpaired) electrons. The van der Waals surface area contributed by atoms with Crippen molar-refractivity contribution in [1.29, 1.82) is 0 Å². The van der Waals surface area contributed by atoms with E-state index >= 15 is 4.39 Å². The molecule has 0 amide bonds. The number of carbonyl (C=O) groups is 1. The van der Waals surface area contributed by atoms with Gasteiger partial charge in [0, 0.05) is 5.57 Å². The van der Waals surface area contributed by atoms with Crippen LogP contribution in [0.4, 0.5) is 171 Å². The van der Waals surface area contributed by atoms with Gasteiger partial charge in [0.1, 0.15) is 0 Å². The molecule has 0 heterocycles. The molecule has 0 aromatic rings. The third-order valence-electron chi connectivity index (χ3n) is 7.62. The summed E-state index contributed by atoms with van der Waals surface area (Å²) in [6, 6.07) is 0. The second kappa shape index (κ2) is 14.7. The van der Waals surface area contributed by atoms with E-state index in [1.165, 1.54) is 0 Å². The molecule has 0 unspecified atom stereocenters. The van der Waals surface area contributed by atoms with Crippen LogP contribution in [-0.2, 0) is 9.53 Å². The first kappa shape index (κ1) is 60.5. The Balaban J connectivity index is 8.57. The summed E-state index contributed by atoms with van der Waals surface area (Å²) >= 11 is 0. The number of alkyl halides is 39. The van der Waals surface area contributed by atoms with Crippen molar-refractivity contribution >= 4 is 5.97 Å². The van der Waals surface area contributed by atoms with Crippen molar-refractivity contribution in [2.45, 2.75) is 120 Å². The van der Waals surface area contributed by atoms with Crippen LogP contribution in [0.3, 0.4) is 0 Å². The van der Waals surface area contributed by atoms with Crippen LogP contribution < -0.4 is 0 Å². The maximum absolute atomic E-state index is 15.3. The van der Waals surface area contributed by atoms with Gasteiger partial charge in [-0.15, -0.1) is 0 Å². The normalized spacial score (nSPS) is 16.9. The molecule has 0 aliphatic carbocycles. The lowest BCUT2D eigenvalue weighted by atomic mass is 9.81. The Morgan fingerprint density at radius 3 is 0.516 bits per heavy atom. The van der Waals surface area contributed by atoms with Gasteiger partial charge in [-0.1, -0.05) is 6.58 Å². The molecular formula is C23H5F39O2. The molecule has 0 saturated carbocycles. The van der Waals surface area contributed by atoms with Gasteiger partial charge in [-0.05, 0) is 6.92 Å². The Hall–Kier alpha value is -3.52. The molecule has 382 valence electrons. The number of esters is 1. The van der Waals surface area contributed by atoms with Gasteiger partial charge in [-0.25, -0.2) is 4.79 Å². The van der Waals surface area contributed by atoms with Gasteiger partial charge < -0.3 is 4.74 Å². The first-order chi connectivity index (χ1) is 26.8. The molecule has 0 bridgehead atoms. The molecule has 0 atom stereocenters. The molecule has 2 nitrogen and oxygen atoms in total. The lowest BCUT2D eigenvalue weighted by Gasteiger charge is -2.48. The van der Waals surface area contributed by atoms with Gasteiger partial charge in [-0.2, -0.15) is 171 Å². The highest BCUT2D eigenvalue weighted by atomic mass is 19.5. The SMILES string of the molecule is C=C(C)C(=O)OC(F)(C(F)(F)C(F)(F)C(F)(F)C(F)(F)C(F)(F)C(F)(F)C(F)(F)C(F)(F)C(F)(F)F)C(F)(F)C(F)(F)C(F)(F)C(F)(F)C(F)(F)C(F)(F)C(F)(F)C(F)(F)C(F)(F)F. The third kappa shape index (κ3) is 6.89. The van der Waals surface area contributed by atoms with Gasteiger partial charge in [0.2, 0.25) is 0 Å². The van der Waals surface area contributed by atoms with Crippen molar-refractivity contribution in [1.82, 2.24) is 0 Å². The summed E-state index contributed by atoms with van der Waals surface area (Å²) in [7, 11) is 0. The van der Waals surface area contributed by atoms with Crippen molar-refractivity contribution in [3.63, 3.8) is 0 Å². The van der Waals surface area contributed by atoms with E-state index in [-0.39, 0.29) is 0 Å². The van der Waals surface area contributed by atoms with E-state index < -0.39 is 131 Å². The smallest absolute Gasteiger partial charge is 0.413 e. The van der Waals surface area contributed by atoms with Gasteiger partial charge in [-0.3, -0.25) is 0 Å². The minimum atomic E-state index is -10.4. The van der Waals surface area contributed by atoms with Gasteiger partial charge >= 0.3 is 119 Å². The number of halogens is 39. The summed E-state index contributed by atoms with van der Waals surface area (Å²) in [5, 5.41) is 0. The zero-order valence-electron chi connectivity index (χ0n) is 27.8. The van der Waals surface area contributed by atoms with Gasteiger partial charge in [0.25, 0.3) is 0 Å². The molecule has 0 fully saturated rings. The van der Waals surface area contributed by atoms with E-state index in [1.54, 1.807) is 4.74 Å². The van der Waals surface area contributed by atoms with Crippen molar-refractivity contribution < 1.29 is 181 Å². The third-order valence-corrected chi connectivity index (χ3v) is 7.62. The van der Waals surface area contributed by atoms with Crippen LogP contribution in [0.1, 0.15) is 6.92 Å². The number of hydrogen-bond donors (Lipinski definition) is 0. The van der Waals surface area contributed by atoms with E-state index in [0.29, 0.717) is 0 Å². The maximum Gasteiger partial charge on any atom is 0.460 e.